The smallest absolute Gasteiger partial charge is 0.271 e. The molecule has 2 amide bonds. The number of halogens is 1. The molecule has 0 aliphatic carbocycles. The number of benzene rings is 2. The largest absolute Gasteiger partial charge is 0.364 e. The SMILES string of the molecule is Cc1[nH]nc(C(N)=O)c1NC(=O)c1cc(-c2ccc(Cl)cc2)nc2ccccc12. The highest BCUT2D eigenvalue weighted by Crippen LogP contribution is 2.27. The monoisotopic (exact) mass is 405 g/mol. The van der Waals surface area contributed by atoms with Crippen molar-refractivity contribution >= 4 is 40.0 Å². The Hall–Kier alpha value is -3.71. The zero-order valence-electron chi connectivity index (χ0n) is 15.4. The summed E-state index contributed by atoms with van der Waals surface area (Å²) in [6.45, 7) is 1.69. The van der Waals surface area contributed by atoms with Gasteiger partial charge in [0, 0.05) is 16.0 Å². The minimum Gasteiger partial charge on any atom is -0.364 e. The van der Waals surface area contributed by atoms with Gasteiger partial charge in [0.2, 0.25) is 0 Å². The highest BCUT2D eigenvalue weighted by atomic mass is 35.5. The normalized spacial score (nSPS) is 10.8. The van der Waals surface area contributed by atoms with Gasteiger partial charge in [-0.1, -0.05) is 41.9 Å². The molecule has 0 unspecified atom stereocenters. The second-order valence-corrected chi connectivity index (χ2v) is 6.91. The van der Waals surface area contributed by atoms with E-state index >= 15 is 0 Å². The van der Waals surface area contributed by atoms with E-state index in [1.165, 1.54) is 0 Å². The number of nitrogens with two attached hydrogens (primary N) is 1. The van der Waals surface area contributed by atoms with Crippen molar-refractivity contribution in [2.45, 2.75) is 6.92 Å². The molecule has 2 heterocycles. The van der Waals surface area contributed by atoms with Crippen molar-refractivity contribution in [1.82, 2.24) is 15.2 Å². The second kappa shape index (κ2) is 7.37. The zero-order valence-corrected chi connectivity index (χ0v) is 16.1. The minimum absolute atomic E-state index is 0.0212. The number of H-pyrrole nitrogens is 1. The van der Waals surface area contributed by atoms with Crippen LogP contribution in [-0.4, -0.2) is 27.0 Å². The first-order valence-corrected chi connectivity index (χ1v) is 9.13. The van der Waals surface area contributed by atoms with Crippen LogP contribution in [-0.2, 0) is 0 Å². The van der Waals surface area contributed by atoms with Crippen LogP contribution in [0.1, 0.15) is 26.5 Å². The van der Waals surface area contributed by atoms with E-state index in [-0.39, 0.29) is 11.4 Å². The summed E-state index contributed by atoms with van der Waals surface area (Å²) >= 11 is 5.98. The van der Waals surface area contributed by atoms with Gasteiger partial charge >= 0.3 is 0 Å². The van der Waals surface area contributed by atoms with E-state index in [1.54, 1.807) is 25.1 Å². The Morgan fingerprint density at radius 1 is 1.10 bits per heavy atom. The van der Waals surface area contributed by atoms with Crippen LogP contribution >= 0.6 is 11.6 Å². The molecule has 0 saturated carbocycles. The lowest BCUT2D eigenvalue weighted by Gasteiger charge is -2.11. The van der Waals surface area contributed by atoms with Crippen LogP contribution in [0.3, 0.4) is 0 Å². The number of primary amides is 1. The predicted molar refractivity (Wildman–Crippen MR) is 112 cm³/mol. The summed E-state index contributed by atoms with van der Waals surface area (Å²) in [5.74, 6) is -1.13. The molecule has 144 valence electrons. The number of aryl methyl sites for hydroxylation is 1. The van der Waals surface area contributed by atoms with Crippen LogP contribution in [0.5, 0.6) is 0 Å². The summed E-state index contributed by atoms with van der Waals surface area (Å²) in [6.07, 6.45) is 0. The van der Waals surface area contributed by atoms with Gasteiger partial charge in [0.05, 0.1) is 28.2 Å². The summed E-state index contributed by atoms with van der Waals surface area (Å²) in [7, 11) is 0. The first kappa shape index (κ1) is 18.6. The molecular formula is C21H16ClN5O2. The van der Waals surface area contributed by atoms with Crippen molar-refractivity contribution in [1.29, 1.82) is 0 Å². The summed E-state index contributed by atoms with van der Waals surface area (Å²) in [4.78, 5) is 29.4. The number of nitrogens with one attached hydrogen (secondary N) is 2. The molecule has 0 aliphatic heterocycles. The Balaban J connectivity index is 1.82. The van der Waals surface area contributed by atoms with Crippen LogP contribution in [0.25, 0.3) is 22.2 Å². The van der Waals surface area contributed by atoms with Gasteiger partial charge in [0.25, 0.3) is 11.8 Å². The van der Waals surface area contributed by atoms with Crippen molar-refractivity contribution < 1.29 is 9.59 Å². The molecule has 0 fully saturated rings. The maximum Gasteiger partial charge on any atom is 0.271 e. The second-order valence-electron chi connectivity index (χ2n) is 6.47. The van der Waals surface area contributed by atoms with Crippen molar-refractivity contribution in [3.63, 3.8) is 0 Å². The Kier molecular flexibility index (Phi) is 4.74. The summed E-state index contributed by atoms with van der Waals surface area (Å²) in [5.41, 5.74) is 8.66. The van der Waals surface area contributed by atoms with E-state index < -0.39 is 11.8 Å². The number of rotatable bonds is 4. The summed E-state index contributed by atoms with van der Waals surface area (Å²) in [6, 6.07) is 16.3. The number of pyridine rings is 1. The molecule has 2 aromatic heterocycles. The van der Waals surface area contributed by atoms with Crippen LogP contribution in [0.2, 0.25) is 5.02 Å². The number of aromatic amines is 1. The molecule has 4 rings (SSSR count). The third-order valence-corrected chi connectivity index (χ3v) is 4.77. The van der Waals surface area contributed by atoms with Crippen LogP contribution in [0.4, 0.5) is 5.69 Å². The number of para-hydroxylation sites is 1. The number of carbonyl (C=O) groups is 2. The van der Waals surface area contributed by atoms with Gasteiger partial charge in [0.15, 0.2) is 5.69 Å². The highest BCUT2D eigenvalue weighted by Gasteiger charge is 2.20. The number of amides is 2. The molecule has 0 atom stereocenters. The van der Waals surface area contributed by atoms with Gasteiger partial charge < -0.3 is 11.1 Å². The number of anilines is 1. The van der Waals surface area contributed by atoms with E-state index in [1.807, 2.05) is 36.4 Å². The lowest BCUT2D eigenvalue weighted by molar-refractivity contribution is 0.0996. The van der Waals surface area contributed by atoms with Gasteiger partial charge in [-0.3, -0.25) is 14.7 Å². The van der Waals surface area contributed by atoms with E-state index in [9.17, 15) is 9.59 Å². The van der Waals surface area contributed by atoms with Gasteiger partial charge in [-0.2, -0.15) is 5.10 Å². The van der Waals surface area contributed by atoms with E-state index in [0.29, 0.717) is 32.9 Å². The van der Waals surface area contributed by atoms with Crippen LogP contribution in [0, 0.1) is 6.92 Å². The quantitative estimate of drug-likeness (QED) is 0.477. The van der Waals surface area contributed by atoms with Gasteiger partial charge in [-0.15, -0.1) is 0 Å². The molecule has 7 nitrogen and oxygen atoms in total. The van der Waals surface area contributed by atoms with Crippen LogP contribution < -0.4 is 11.1 Å². The fourth-order valence-corrected chi connectivity index (χ4v) is 3.20. The Morgan fingerprint density at radius 3 is 2.55 bits per heavy atom. The molecule has 4 N–H and O–H groups in total. The highest BCUT2D eigenvalue weighted by molar-refractivity contribution is 6.30. The third kappa shape index (κ3) is 3.55. The molecule has 8 heteroatoms. The molecule has 0 radical (unpaired) electrons. The van der Waals surface area contributed by atoms with Crippen molar-refractivity contribution in [2.24, 2.45) is 5.73 Å². The summed E-state index contributed by atoms with van der Waals surface area (Å²) in [5, 5.41) is 10.6. The topological polar surface area (TPSA) is 114 Å². The van der Waals surface area contributed by atoms with E-state index in [2.05, 4.69) is 20.5 Å². The third-order valence-electron chi connectivity index (χ3n) is 4.52. The molecular weight excluding hydrogens is 390 g/mol. The van der Waals surface area contributed by atoms with E-state index in [0.717, 1.165) is 5.56 Å². The lowest BCUT2D eigenvalue weighted by atomic mass is 10.0. The first-order chi connectivity index (χ1) is 13.9. The standard InChI is InChI=1S/C21H16ClN5O2/c1-11-18(19(20(23)28)27-26-11)25-21(29)15-10-17(12-6-8-13(22)9-7-12)24-16-5-3-2-4-14(15)16/h2-10H,1H3,(H2,23,28)(H,25,29)(H,26,27). The summed E-state index contributed by atoms with van der Waals surface area (Å²) < 4.78 is 0. The first-order valence-electron chi connectivity index (χ1n) is 8.76. The average molecular weight is 406 g/mol. The van der Waals surface area contributed by atoms with Crippen molar-refractivity contribution in [3.8, 4) is 11.3 Å². The predicted octanol–water partition coefficient (Wildman–Crippen LogP) is 3.94. The Labute approximate surface area is 170 Å². The Morgan fingerprint density at radius 2 is 1.83 bits per heavy atom. The van der Waals surface area contributed by atoms with Crippen LogP contribution in [0.15, 0.2) is 54.6 Å². The van der Waals surface area contributed by atoms with E-state index in [4.69, 9.17) is 17.3 Å². The van der Waals surface area contributed by atoms with Gasteiger partial charge in [0.1, 0.15) is 0 Å². The number of aromatic nitrogens is 3. The number of fused-ring (bicyclic) bond motifs is 1. The number of hydrogen-bond acceptors (Lipinski definition) is 4. The molecule has 0 spiro atoms. The van der Waals surface area contributed by atoms with Gasteiger partial charge in [-0.05, 0) is 31.2 Å². The Bertz CT molecular complexity index is 1250. The molecule has 4 aromatic rings. The molecule has 0 bridgehead atoms. The molecule has 2 aromatic carbocycles. The molecule has 0 saturated heterocycles. The number of nitrogens with zero attached hydrogens (tertiary/aromatic N) is 2. The fourth-order valence-electron chi connectivity index (χ4n) is 3.07. The zero-order chi connectivity index (χ0) is 20.5. The van der Waals surface area contributed by atoms with Crippen molar-refractivity contribution in [3.05, 3.63) is 76.6 Å². The molecule has 0 aliphatic rings. The average Bonchev–Trinajstić information content (AvgIpc) is 3.08. The number of hydrogen-bond donors (Lipinski definition) is 3. The fraction of sp³-hybridized carbons (Fsp3) is 0.0476. The van der Waals surface area contributed by atoms with Gasteiger partial charge in [-0.25, -0.2) is 4.98 Å². The van der Waals surface area contributed by atoms with Crippen molar-refractivity contribution in [2.75, 3.05) is 5.32 Å². The lowest BCUT2D eigenvalue weighted by Crippen LogP contribution is -2.18. The number of carbonyl (C=O) groups excluding carboxylic acids is 2. The minimum atomic E-state index is -0.730. The maximum absolute atomic E-state index is 13.1. The molecule has 29 heavy (non-hydrogen) atoms. The maximum atomic E-state index is 13.1.